The van der Waals surface area contributed by atoms with E-state index in [1.165, 1.54) is 9.80 Å². The SMILES string of the molecule is CC(C)(C)OC(=O)CN(CC(=O)OC(C)(C)C)CC(C(=O)NCCNC(=O)CI)N(CC(=O)OC(C)(C)C)CC(=O)OC(C)(C)C. The summed E-state index contributed by atoms with van der Waals surface area (Å²) in [4.78, 5) is 80.0. The van der Waals surface area contributed by atoms with Crippen LogP contribution < -0.4 is 10.6 Å². The second-order valence-electron chi connectivity index (χ2n) is 14.7. The van der Waals surface area contributed by atoms with Gasteiger partial charge in [-0.2, -0.15) is 0 Å². The molecule has 0 aromatic heterocycles. The molecular formula is C31H55IN4O10. The van der Waals surface area contributed by atoms with Crippen molar-refractivity contribution in [1.82, 2.24) is 20.4 Å². The first-order chi connectivity index (χ1) is 20.7. The van der Waals surface area contributed by atoms with E-state index in [9.17, 15) is 28.8 Å². The highest BCUT2D eigenvalue weighted by molar-refractivity contribution is 14.1. The Balaban J connectivity index is 6.65. The molecule has 266 valence electrons. The number of hydrogen-bond donors (Lipinski definition) is 2. The molecule has 0 heterocycles. The summed E-state index contributed by atoms with van der Waals surface area (Å²) >= 11 is 1.91. The number of ether oxygens (including phenoxy) is 4. The largest absolute Gasteiger partial charge is 0.459 e. The fourth-order valence-corrected chi connectivity index (χ4v) is 4.08. The third kappa shape index (κ3) is 22.9. The van der Waals surface area contributed by atoms with Crippen LogP contribution >= 0.6 is 22.6 Å². The van der Waals surface area contributed by atoms with Crippen LogP contribution in [0, 0.1) is 0 Å². The van der Waals surface area contributed by atoms with Crippen LogP contribution in [0.15, 0.2) is 0 Å². The first kappa shape index (κ1) is 43.5. The molecule has 0 aliphatic rings. The number of hydrogen-bond acceptors (Lipinski definition) is 12. The molecule has 15 heteroatoms. The maximum Gasteiger partial charge on any atom is 0.320 e. The summed E-state index contributed by atoms with van der Waals surface area (Å²) in [5.74, 6) is -3.61. The minimum atomic E-state index is -1.27. The van der Waals surface area contributed by atoms with Crippen molar-refractivity contribution in [3.05, 3.63) is 0 Å². The van der Waals surface area contributed by atoms with Crippen molar-refractivity contribution in [2.45, 2.75) is 112 Å². The second kappa shape index (κ2) is 18.7. The molecule has 0 aromatic rings. The number of carbonyl (C=O) groups excluding carboxylic acids is 6. The number of amides is 2. The predicted molar refractivity (Wildman–Crippen MR) is 180 cm³/mol. The van der Waals surface area contributed by atoms with Crippen molar-refractivity contribution in [1.29, 1.82) is 0 Å². The van der Waals surface area contributed by atoms with Gasteiger partial charge in [-0.25, -0.2) is 0 Å². The van der Waals surface area contributed by atoms with Gasteiger partial charge in [-0.1, -0.05) is 22.6 Å². The monoisotopic (exact) mass is 770 g/mol. The molecule has 0 aliphatic carbocycles. The minimum absolute atomic E-state index is 0.0303. The van der Waals surface area contributed by atoms with Gasteiger partial charge in [-0.3, -0.25) is 38.6 Å². The highest BCUT2D eigenvalue weighted by atomic mass is 127. The highest BCUT2D eigenvalue weighted by Crippen LogP contribution is 2.15. The lowest BCUT2D eigenvalue weighted by atomic mass is 10.1. The first-order valence-corrected chi connectivity index (χ1v) is 16.7. The zero-order valence-corrected chi connectivity index (χ0v) is 31.7. The van der Waals surface area contributed by atoms with Crippen LogP contribution in [0.4, 0.5) is 0 Å². The molecule has 2 amide bonds. The van der Waals surface area contributed by atoms with E-state index in [1.54, 1.807) is 83.1 Å². The van der Waals surface area contributed by atoms with Gasteiger partial charge in [0, 0.05) is 19.6 Å². The smallest absolute Gasteiger partial charge is 0.320 e. The number of alkyl halides is 1. The Bertz CT molecular complexity index is 996. The van der Waals surface area contributed by atoms with E-state index in [1.807, 2.05) is 22.6 Å². The number of rotatable bonds is 16. The van der Waals surface area contributed by atoms with Gasteiger partial charge >= 0.3 is 23.9 Å². The van der Waals surface area contributed by atoms with Gasteiger partial charge in [0.25, 0.3) is 0 Å². The predicted octanol–water partition coefficient (Wildman–Crippen LogP) is 1.99. The van der Waals surface area contributed by atoms with Gasteiger partial charge < -0.3 is 29.6 Å². The number of carbonyl (C=O) groups is 6. The van der Waals surface area contributed by atoms with E-state index >= 15 is 0 Å². The second-order valence-corrected chi connectivity index (χ2v) is 15.5. The molecule has 0 spiro atoms. The van der Waals surface area contributed by atoms with Crippen LogP contribution in [0.5, 0.6) is 0 Å². The summed E-state index contributed by atoms with van der Waals surface area (Å²) in [5.41, 5.74) is -3.37. The quantitative estimate of drug-likeness (QED) is 0.0771. The van der Waals surface area contributed by atoms with Gasteiger partial charge in [0.1, 0.15) is 28.4 Å². The minimum Gasteiger partial charge on any atom is -0.459 e. The maximum atomic E-state index is 13.8. The van der Waals surface area contributed by atoms with E-state index in [4.69, 9.17) is 18.9 Å². The molecule has 0 aromatic carbocycles. The lowest BCUT2D eigenvalue weighted by molar-refractivity contribution is -0.165. The maximum absolute atomic E-state index is 13.8. The van der Waals surface area contributed by atoms with Crippen LogP contribution in [0.25, 0.3) is 0 Å². The Morgan fingerprint density at radius 1 is 0.565 bits per heavy atom. The molecule has 2 N–H and O–H groups in total. The fraction of sp³-hybridized carbons (Fsp3) is 0.806. The molecule has 0 saturated heterocycles. The standard InChI is InChI=1S/C31H55IN4O10/c1-28(2,3)43-23(38)17-35(18-24(39)44-29(4,5)6)16-21(27(42)34-14-13-33-22(37)15-32)36(19-25(40)45-30(7,8)9)20-26(41)46-31(10,11)12/h21H,13-20H2,1-12H3,(H,33,37)(H,34,42). The van der Waals surface area contributed by atoms with Gasteiger partial charge in [-0.05, 0) is 83.1 Å². The van der Waals surface area contributed by atoms with Crippen LogP contribution in [0.1, 0.15) is 83.1 Å². The number of nitrogens with one attached hydrogen (secondary N) is 2. The molecular weight excluding hydrogens is 715 g/mol. The Morgan fingerprint density at radius 3 is 1.22 bits per heavy atom. The zero-order chi connectivity index (χ0) is 36.1. The third-order valence-corrected chi connectivity index (χ3v) is 5.79. The molecule has 0 saturated carbocycles. The van der Waals surface area contributed by atoms with E-state index in [-0.39, 0.29) is 30.0 Å². The van der Waals surface area contributed by atoms with Crippen molar-refractivity contribution in [3.63, 3.8) is 0 Å². The number of halogens is 1. The van der Waals surface area contributed by atoms with Gasteiger partial charge in [0.15, 0.2) is 0 Å². The number of nitrogens with zero attached hydrogens (tertiary/aromatic N) is 2. The van der Waals surface area contributed by atoms with Gasteiger partial charge in [0.2, 0.25) is 11.8 Å². The average Bonchev–Trinajstić information content (AvgIpc) is 2.79. The Hall–Kier alpha value is -2.53. The van der Waals surface area contributed by atoms with Crippen LogP contribution in [-0.4, -0.2) is 124 Å². The average molecular weight is 771 g/mol. The van der Waals surface area contributed by atoms with Crippen LogP contribution in [0.2, 0.25) is 0 Å². The van der Waals surface area contributed by atoms with Gasteiger partial charge in [-0.15, -0.1) is 0 Å². The van der Waals surface area contributed by atoms with Crippen LogP contribution in [0.3, 0.4) is 0 Å². The summed E-state index contributed by atoms with van der Waals surface area (Å²) in [7, 11) is 0. The Kier molecular flexibility index (Phi) is 17.7. The highest BCUT2D eigenvalue weighted by Gasteiger charge is 2.35. The molecule has 0 radical (unpaired) electrons. The van der Waals surface area contributed by atoms with Gasteiger partial charge in [0.05, 0.1) is 30.6 Å². The molecule has 14 nitrogen and oxygen atoms in total. The summed E-state index contributed by atoms with van der Waals surface area (Å²) in [5, 5.41) is 5.37. The lowest BCUT2D eigenvalue weighted by Gasteiger charge is -2.34. The summed E-state index contributed by atoms with van der Waals surface area (Å²) in [6.07, 6.45) is 0. The van der Waals surface area contributed by atoms with Crippen LogP contribution in [-0.2, 0) is 47.7 Å². The molecule has 1 unspecified atom stereocenters. The van der Waals surface area contributed by atoms with E-state index in [0.29, 0.717) is 0 Å². The zero-order valence-electron chi connectivity index (χ0n) is 29.6. The van der Waals surface area contributed by atoms with E-state index in [0.717, 1.165) is 0 Å². The molecule has 46 heavy (non-hydrogen) atoms. The summed E-state index contributed by atoms with van der Waals surface area (Å²) < 4.78 is 22.1. The topological polar surface area (TPSA) is 170 Å². The molecule has 0 bridgehead atoms. The third-order valence-electron chi connectivity index (χ3n) is 5.09. The van der Waals surface area contributed by atoms with Crippen molar-refractivity contribution in [2.75, 3.05) is 50.2 Å². The fourth-order valence-electron chi connectivity index (χ4n) is 3.81. The molecule has 1 atom stereocenters. The summed E-state index contributed by atoms with van der Waals surface area (Å²) in [6, 6.07) is -1.27. The van der Waals surface area contributed by atoms with Crippen molar-refractivity contribution >= 4 is 58.3 Å². The van der Waals surface area contributed by atoms with Crippen molar-refractivity contribution in [2.24, 2.45) is 0 Å². The Morgan fingerprint density at radius 2 is 0.891 bits per heavy atom. The van der Waals surface area contributed by atoms with Crippen molar-refractivity contribution < 1.29 is 47.7 Å². The first-order valence-electron chi connectivity index (χ1n) is 15.1. The Labute approximate surface area is 287 Å². The lowest BCUT2D eigenvalue weighted by Crippen LogP contribution is -2.57. The normalized spacial score (nSPS) is 13.1. The van der Waals surface area contributed by atoms with E-state index < -0.39 is 84.4 Å². The van der Waals surface area contributed by atoms with E-state index in [2.05, 4.69) is 10.6 Å². The number of esters is 4. The molecule has 0 rings (SSSR count). The summed E-state index contributed by atoms with van der Waals surface area (Å²) in [6.45, 7) is 18.3. The molecule has 0 aliphatic heterocycles. The molecule has 0 fully saturated rings. The van der Waals surface area contributed by atoms with Crippen molar-refractivity contribution in [3.8, 4) is 0 Å².